The Morgan fingerprint density at radius 1 is 1.18 bits per heavy atom. The van der Waals surface area contributed by atoms with Crippen LogP contribution in [-0.2, 0) is 0 Å². The minimum atomic E-state index is 0.390. The third kappa shape index (κ3) is 3.03. The van der Waals surface area contributed by atoms with Gasteiger partial charge in [0.25, 0.3) is 0 Å². The molecule has 2 atom stereocenters. The lowest BCUT2D eigenvalue weighted by atomic mass is 9.88. The van der Waals surface area contributed by atoms with Crippen molar-refractivity contribution in [3.05, 3.63) is 0 Å². The van der Waals surface area contributed by atoms with E-state index in [4.69, 9.17) is 0 Å². The Balaban J connectivity index is 2.07. The van der Waals surface area contributed by atoms with Crippen molar-refractivity contribution in [2.24, 2.45) is 0 Å². The molecule has 2 nitrogen and oxygen atoms in total. The van der Waals surface area contributed by atoms with Gasteiger partial charge in [0.1, 0.15) is 0 Å². The van der Waals surface area contributed by atoms with E-state index in [2.05, 4.69) is 31.0 Å². The monoisotopic (exact) mass is 238 g/mol. The van der Waals surface area contributed by atoms with E-state index in [1.165, 1.54) is 58.0 Å². The molecule has 2 unspecified atom stereocenters. The van der Waals surface area contributed by atoms with Gasteiger partial charge >= 0.3 is 0 Å². The topological polar surface area (TPSA) is 15.3 Å². The molecule has 0 amide bonds. The predicted molar refractivity (Wildman–Crippen MR) is 74.4 cm³/mol. The summed E-state index contributed by atoms with van der Waals surface area (Å²) >= 11 is 0. The molecule has 1 N–H and O–H groups in total. The summed E-state index contributed by atoms with van der Waals surface area (Å²) in [5, 5.41) is 3.67. The van der Waals surface area contributed by atoms with Gasteiger partial charge in [-0.2, -0.15) is 0 Å². The fourth-order valence-electron chi connectivity index (χ4n) is 3.56. The van der Waals surface area contributed by atoms with Crippen LogP contribution in [0.5, 0.6) is 0 Å². The Kier molecular flexibility index (Phi) is 4.48. The summed E-state index contributed by atoms with van der Waals surface area (Å²) in [4.78, 5) is 2.85. The number of hydrogen-bond acceptors (Lipinski definition) is 2. The van der Waals surface area contributed by atoms with Gasteiger partial charge in [-0.05, 0) is 33.1 Å². The highest BCUT2D eigenvalue weighted by molar-refractivity contribution is 4.97. The fourth-order valence-corrected chi connectivity index (χ4v) is 3.56. The van der Waals surface area contributed by atoms with Crippen LogP contribution in [0.15, 0.2) is 0 Å². The van der Waals surface area contributed by atoms with Crippen molar-refractivity contribution in [2.75, 3.05) is 13.1 Å². The second kappa shape index (κ2) is 5.71. The number of nitrogens with one attached hydrogen (secondary N) is 1. The zero-order chi connectivity index (χ0) is 12.3. The SMILES string of the molecule is CCC1(C)CNC(C)CN1C1CCCCCC1. The number of piperazine rings is 1. The quantitative estimate of drug-likeness (QED) is 0.743. The van der Waals surface area contributed by atoms with Crippen molar-refractivity contribution in [2.45, 2.75) is 83.3 Å². The second-order valence-corrected chi connectivity index (χ2v) is 6.43. The Morgan fingerprint density at radius 2 is 1.82 bits per heavy atom. The van der Waals surface area contributed by atoms with Gasteiger partial charge in [-0.3, -0.25) is 4.90 Å². The van der Waals surface area contributed by atoms with Crippen LogP contribution in [0.2, 0.25) is 0 Å². The highest BCUT2D eigenvalue weighted by Crippen LogP contribution is 2.31. The van der Waals surface area contributed by atoms with Gasteiger partial charge in [-0.25, -0.2) is 0 Å². The van der Waals surface area contributed by atoms with E-state index in [1.54, 1.807) is 0 Å². The summed E-state index contributed by atoms with van der Waals surface area (Å²) in [6, 6.07) is 1.52. The fraction of sp³-hybridized carbons (Fsp3) is 1.00. The average molecular weight is 238 g/mol. The maximum atomic E-state index is 3.67. The van der Waals surface area contributed by atoms with Gasteiger partial charge in [0.2, 0.25) is 0 Å². The molecule has 1 aliphatic heterocycles. The molecule has 2 heteroatoms. The van der Waals surface area contributed by atoms with Crippen molar-refractivity contribution in [1.29, 1.82) is 0 Å². The van der Waals surface area contributed by atoms with Gasteiger partial charge in [-0.15, -0.1) is 0 Å². The molecule has 2 fully saturated rings. The van der Waals surface area contributed by atoms with E-state index < -0.39 is 0 Å². The summed E-state index contributed by atoms with van der Waals surface area (Å²) < 4.78 is 0. The smallest absolute Gasteiger partial charge is 0.0306 e. The van der Waals surface area contributed by atoms with Gasteiger partial charge < -0.3 is 5.32 Å². The van der Waals surface area contributed by atoms with Gasteiger partial charge in [0.15, 0.2) is 0 Å². The molecule has 0 aromatic heterocycles. The minimum absolute atomic E-state index is 0.390. The summed E-state index contributed by atoms with van der Waals surface area (Å²) in [7, 11) is 0. The highest BCUT2D eigenvalue weighted by Gasteiger charge is 2.38. The molecule has 17 heavy (non-hydrogen) atoms. The lowest BCUT2D eigenvalue weighted by Crippen LogP contribution is -2.65. The zero-order valence-electron chi connectivity index (χ0n) is 12.0. The van der Waals surface area contributed by atoms with E-state index in [9.17, 15) is 0 Å². The van der Waals surface area contributed by atoms with E-state index in [1.807, 2.05) is 0 Å². The molecule has 0 aromatic carbocycles. The van der Waals surface area contributed by atoms with E-state index >= 15 is 0 Å². The number of rotatable bonds is 2. The Hall–Kier alpha value is -0.0800. The van der Waals surface area contributed by atoms with Crippen molar-refractivity contribution in [3.8, 4) is 0 Å². The molecule has 0 radical (unpaired) electrons. The van der Waals surface area contributed by atoms with Crippen LogP contribution < -0.4 is 5.32 Å². The molecule has 2 aliphatic rings. The van der Waals surface area contributed by atoms with Crippen LogP contribution in [0.1, 0.15) is 65.7 Å². The second-order valence-electron chi connectivity index (χ2n) is 6.43. The standard InChI is InChI=1S/C15H30N2/c1-4-15(3)12-16-13(2)11-17(15)14-9-7-5-6-8-10-14/h13-14,16H,4-12H2,1-3H3. The first-order valence-corrected chi connectivity index (χ1v) is 7.66. The molecule has 100 valence electrons. The van der Waals surface area contributed by atoms with Gasteiger partial charge in [-0.1, -0.05) is 32.6 Å². The first-order valence-electron chi connectivity index (χ1n) is 7.66. The first-order chi connectivity index (χ1) is 8.15. The first kappa shape index (κ1) is 13.4. The van der Waals surface area contributed by atoms with Crippen LogP contribution in [0, 0.1) is 0 Å². The lowest BCUT2D eigenvalue weighted by Gasteiger charge is -2.51. The zero-order valence-corrected chi connectivity index (χ0v) is 12.0. The van der Waals surface area contributed by atoms with Crippen LogP contribution in [-0.4, -0.2) is 35.6 Å². The van der Waals surface area contributed by atoms with E-state index in [0.29, 0.717) is 11.6 Å². The summed E-state index contributed by atoms with van der Waals surface area (Å²) in [5.41, 5.74) is 0.390. The van der Waals surface area contributed by atoms with Crippen LogP contribution in [0.25, 0.3) is 0 Å². The maximum absolute atomic E-state index is 3.67. The largest absolute Gasteiger partial charge is 0.311 e. The molecule has 0 spiro atoms. The highest BCUT2D eigenvalue weighted by atomic mass is 15.3. The third-order valence-electron chi connectivity index (χ3n) is 5.02. The van der Waals surface area contributed by atoms with Crippen molar-refractivity contribution < 1.29 is 0 Å². The Morgan fingerprint density at radius 3 is 2.41 bits per heavy atom. The van der Waals surface area contributed by atoms with Crippen molar-refractivity contribution in [3.63, 3.8) is 0 Å². The third-order valence-corrected chi connectivity index (χ3v) is 5.02. The van der Waals surface area contributed by atoms with Crippen LogP contribution in [0.3, 0.4) is 0 Å². The molecule has 1 aliphatic carbocycles. The Bertz CT molecular complexity index is 233. The van der Waals surface area contributed by atoms with Gasteiger partial charge in [0.05, 0.1) is 0 Å². The van der Waals surface area contributed by atoms with E-state index in [0.717, 1.165) is 6.04 Å². The van der Waals surface area contributed by atoms with Crippen LogP contribution in [0.4, 0.5) is 0 Å². The lowest BCUT2D eigenvalue weighted by molar-refractivity contribution is 0.00756. The molecule has 1 heterocycles. The normalized spacial score (nSPS) is 37.9. The molecule has 0 aromatic rings. The van der Waals surface area contributed by atoms with Gasteiger partial charge in [0, 0.05) is 30.7 Å². The molecule has 0 bridgehead atoms. The van der Waals surface area contributed by atoms with Crippen molar-refractivity contribution in [1.82, 2.24) is 10.2 Å². The minimum Gasteiger partial charge on any atom is -0.311 e. The summed E-state index contributed by atoms with van der Waals surface area (Å²) in [6.07, 6.45) is 9.95. The Labute approximate surface area is 107 Å². The molecular weight excluding hydrogens is 208 g/mol. The predicted octanol–water partition coefficient (Wildman–Crippen LogP) is 3.17. The van der Waals surface area contributed by atoms with Crippen molar-refractivity contribution >= 4 is 0 Å². The molecular formula is C15H30N2. The van der Waals surface area contributed by atoms with E-state index in [-0.39, 0.29) is 0 Å². The summed E-state index contributed by atoms with van der Waals surface area (Å²) in [5.74, 6) is 0. The number of hydrogen-bond donors (Lipinski definition) is 1. The average Bonchev–Trinajstić information content (AvgIpc) is 2.61. The maximum Gasteiger partial charge on any atom is 0.0306 e. The molecule has 2 rings (SSSR count). The molecule has 1 saturated heterocycles. The summed E-state index contributed by atoms with van der Waals surface area (Å²) in [6.45, 7) is 9.55. The van der Waals surface area contributed by atoms with Crippen LogP contribution >= 0.6 is 0 Å². The molecule has 1 saturated carbocycles. The number of nitrogens with zero attached hydrogens (tertiary/aromatic N) is 1.